The van der Waals surface area contributed by atoms with Crippen LogP contribution >= 0.6 is 9.24 Å². The quantitative estimate of drug-likeness (QED) is 0.359. The van der Waals surface area contributed by atoms with Gasteiger partial charge in [-0.05, 0) is 45.4 Å². The lowest BCUT2D eigenvalue weighted by atomic mass is 10.2. The molecule has 4 rings (SSSR count). The van der Waals surface area contributed by atoms with Crippen LogP contribution in [0.1, 0.15) is 13.8 Å². The molecule has 0 radical (unpaired) electrons. The summed E-state index contributed by atoms with van der Waals surface area (Å²) in [6.45, 7) is 4.00. The van der Waals surface area contributed by atoms with E-state index in [0.29, 0.717) is 23.3 Å². The highest BCUT2D eigenvalue weighted by Gasteiger charge is 2.16. The molecule has 0 bridgehead atoms. The first-order valence-electron chi connectivity index (χ1n) is 9.30. The molecular weight excluding hydrogens is 369 g/mol. The van der Waals surface area contributed by atoms with Crippen molar-refractivity contribution in [3.63, 3.8) is 0 Å². The fourth-order valence-electron chi connectivity index (χ4n) is 2.68. The second-order valence-corrected chi connectivity index (χ2v) is 6.73. The normalized spacial score (nSPS) is 10.4. The highest BCUT2D eigenvalue weighted by atomic mass is 31.0. The number of aromatic nitrogens is 2. The molecule has 6 heteroatoms. The summed E-state index contributed by atoms with van der Waals surface area (Å²) in [5.74, 6) is 0.635. The molecule has 0 spiro atoms. The summed E-state index contributed by atoms with van der Waals surface area (Å²) >= 11 is 0. The molecule has 0 N–H and O–H groups in total. The average Bonchev–Trinajstić information content (AvgIpc) is 3.07. The van der Waals surface area contributed by atoms with E-state index in [9.17, 15) is 4.79 Å². The van der Waals surface area contributed by atoms with E-state index in [1.165, 1.54) is 0 Å². The van der Waals surface area contributed by atoms with Crippen molar-refractivity contribution in [3.8, 4) is 11.4 Å². The molecule has 0 fully saturated rings. The third-order valence-electron chi connectivity index (χ3n) is 3.72. The standard InChI is InChI=1S/C17H13N2O2P.C3H9N.C2H6/c20-17-12(9-11-5-1-4-8-15(11)21-17)16-18-13-6-2-3-7-14(13)19(16)10-22;1-4(2)3;1-2/h1-9H,10,22H2;1-3H3;1-2H3. The third kappa shape index (κ3) is 4.86. The molecule has 28 heavy (non-hydrogen) atoms. The molecule has 2 heterocycles. The summed E-state index contributed by atoms with van der Waals surface area (Å²) in [6, 6.07) is 17.2. The molecule has 4 aromatic rings. The zero-order valence-electron chi connectivity index (χ0n) is 17.1. The number of hydrogen-bond donors (Lipinski definition) is 0. The Bertz CT molecular complexity index is 1100. The molecular formula is C22H28N3O2P. The van der Waals surface area contributed by atoms with Gasteiger partial charge >= 0.3 is 5.63 Å². The number of benzene rings is 2. The molecule has 0 aliphatic rings. The minimum Gasteiger partial charge on any atom is -0.422 e. The lowest BCUT2D eigenvalue weighted by Crippen LogP contribution is -2.07. The van der Waals surface area contributed by atoms with Crippen molar-refractivity contribution < 1.29 is 4.42 Å². The Morgan fingerprint density at radius 3 is 2.32 bits per heavy atom. The molecule has 0 aliphatic heterocycles. The Balaban J connectivity index is 0.000000419. The van der Waals surface area contributed by atoms with E-state index in [2.05, 4.69) is 14.2 Å². The molecule has 148 valence electrons. The summed E-state index contributed by atoms with van der Waals surface area (Å²) in [7, 11) is 8.68. The Hall–Kier alpha value is -2.49. The Morgan fingerprint density at radius 2 is 1.64 bits per heavy atom. The van der Waals surface area contributed by atoms with E-state index in [0.717, 1.165) is 16.4 Å². The summed E-state index contributed by atoms with van der Waals surface area (Å²) < 4.78 is 7.43. The zero-order chi connectivity index (χ0) is 20.7. The van der Waals surface area contributed by atoms with Gasteiger partial charge in [-0.2, -0.15) is 0 Å². The van der Waals surface area contributed by atoms with Crippen molar-refractivity contribution in [2.75, 3.05) is 21.1 Å². The van der Waals surface area contributed by atoms with Gasteiger partial charge < -0.3 is 13.9 Å². The van der Waals surface area contributed by atoms with Crippen LogP contribution in [-0.4, -0.2) is 35.6 Å². The summed E-state index contributed by atoms with van der Waals surface area (Å²) in [5, 5.41) is 0.888. The Kier molecular flexibility index (Phi) is 7.91. The molecule has 0 aliphatic carbocycles. The van der Waals surface area contributed by atoms with Crippen molar-refractivity contribution in [1.82, 2.24) is 14.5 Å². The van der Waals surface area contributed by atoms with Crippen molar-refractivity contribution >= 4 is 31.2 Å². The molecule has 2 aromatic heterocycles. The maximum absolute atomic E-state index is 12.4. The fourth-order valence-corrected chi connectivity index (χ4v) is 3.05. The third-order valence-corrected chi connectivity index (χ3v) is 4.08. The van der Waals surface area contributed by atoms with E-state index >= 15 is 0 Å². The van der Waals surface area contributed by atoms with Crippen molar-refractivity contribution in [2.45, 2.75) is 20.1 Å². The van der Waals surface area contributed by atoms with Crippen LogP contribution in [-0.2, 0) is 6.29 Å². The van der Waals surface area contributed by atoms with Crippen LogP contribution in [0.25, 0.3) is 33.4 Å². The molecule has 0 amide bonds. The van der Waals surface area contributed by atoms with E-state index in [1.807, 2.05) is 93.0 Å². The second kappa shape index (κ2) is 10.2. The lowest BCUT2D eigenvalue weighted by Gasteiger charge is -2.05. The summed E-state index contributed by atoms with van der Waals surface area (Å²) in [4.78, 5) is 19.0. The number of para-hydroxylation sites is 3. The molecule has 5 nitrogen and oxygen atoms in total. The molecule has 0 saturated carbocycles. The molecule has 1 unspecified atom stereocenters. The van der Waals surface area contributed by atoms with Gasteiger partial charge in [-0.25, -0.2) is 9.78 Å². The minimum absolute atomic E-state index is 0.367. The molecule has 1 atom stereocenters. The van der Waals surface area contributed by atoms with Gasteiger partial charge in [0.25, 0.3) is 0 Å². The van der Waals surface area contributed by atoms with Gasteiger partial charge in [0, 0.05) is 11.7 Å². The van der Waals surface area contributed by atoms with E-state index in [4.69, 9.17) is 4.42 Å². The Morgan fingerprint density at radius 1 is 1.04 bits per heavy atom. The van der Waals surface area contributed by atoms with Gasteiger partial charge in [0.2, 0.25) is 0 Å². The van der Waals surface area contributed by atoms with Gasteiger partial charge in [-0.3, -0.25) is 0 Å². The van der Waals surface area contributed by atoms with Gasteiger partial charge in [-0.15, -0.1) is 9.24 Å². The molecule has 0 saturated heterocycles. The van der Waals surface area contributed by atoms with Crippen LogP contribution in [0, 0.1) is 0 Å². The maximum atomic E-state index is 12.4. The predicted octanol–water partition coefficient (Wildman–Crippen LogP) is 4.85. The first-order chi connectivity index (χ1) is 13.5. The highest BCUT2D eigenvalue weighted by Crippen LogP contribution is 2.25. The number of nitrogens with zero attached hydrogens (tertiary/aromatic N) is 3. The van der Waals surface area contributed by atoms with Crippen molar-refractivity contribution in [2.24, 2.45) is 0 Å². The highest BCUT2D eigenvalue weighted by molar-refractivity contribution is 7.15. The maximum Gasteiger partial charge on any atom is 0.347 e. The SMILES string of the molecule is CC.CN(C)C.O=c1oc2ccccc2cc1-c1nc2ccccc2n1CP. The fraction of sp³-hybridized carbons (Fsp3) is 0.273. The number of rotatable bonds is 2. The number of hydrogen-bond acceptors (Lipinski definition) is 4. The van der Waals surface area contributed by atoms with Crippen LogP contribution in [0.15, 0.2) is 63.8 Å². The number of fused-ring (bicyclic) bond motifs is 2. The van der Waals surface area contributed by atoms with Crippen LogP contribution in [0.4, 0.5) is 0 Å². The minimum atomic E-state index is -0.367. The predicted molar refractivity (Wildman–Crippen MR) is 122 cm³/mol. The van der Waals surface area contributed by atoms with Gasteiger partial charge in [-0.1, -0.05) is 44.2 Å². The van der Waals surface area contributed by atoms with Crippen molar-refractivity contribution in [3.05, 3.63) is 65.0 Å². The van der Waals surface area contributed by atoms with Crippen LogP contribution in [0.2, 0.25) is 0 Å². The van der Waals surface area contributed by atoms with E-state index in [-0.39, 0.29) is 5.63 Å². The van der Waals surface area contributed by atoms with Gasteiger partial charge in [0.1, 0.15) is 17.0 Å². The second-order valence-electron chi connectivity index (χ2n) is 6.36. The first-order valence-corrected chi connectivity index (χ1v) is 10.1. The Labute approximate surface area is 168 Å². The van der Waals surface area contributed by atoms with Crippen LogP contribution in [0.3, 0.4) is 0 Å². The van der Waals surface area contributed by atoms with Crippen LogP contribution in [0.5, 0.6) is 0 Å². The number of imidazole rings is 1. The van der Waals surface area contributed by atoms with E-state index in [1.54, 1.807) is 6.07 Å². The van der Waals surface area contributed by atoms with E-state index < -0.39 is 0 Å². The topological polar surface area (TPSA) is 51.3 Å². The average molecular weight is 397 g/mol. The summed E-state index contributed by atoms with van der Waals surface area (Å²) in [5.41, 5.74) is 2.57. The monoisotopic (exact) mass is 397 g/mol. The largest absolute Gasteiger partial charge is 0.422 e. The van der Waals surface area contributed by atoms with Gasteiger partial charge in [0.05, 0.1) is 11.0 Å². The smallest absolute Gasteiger partial charge is 0.347 e. The van der Waals surface area contributed by atoms with Crippen molar-refractivity contribution in [1.29, 1.82) is 0 Å². The first kappa shape index (κ1) is 21.8. The van der Waals surface area contributed by atoms with Crippen LogP contribution < -0.4 is 5.63 Å². The summed E-state index contributed by atoms with van der Waals surface area (Å²) in [6.07, 6.45) is 0.655. The van der Waals surface area contributed by atoms with Gasteiger partial charge in [0.15, 0.2) is 0 Å². The zero-order valence-corrected chi connectivity index (χ0v) is 18.3. The lowest BCUT2D eigenvalue weighted by molar-refractivity contribution is 0.505. The molecule has 2 aromatic carbocycles.